The van der Waals surface area contributed by atoms with Gasteiger partial charge in [0, 0.05) is 18.4 Å². The zero-order valence-corrected chi connectivity index (χ0v) is 9.48. The first-order valence-electron chi connectivity index (χ1n) is 5.25. The van der Waals surface area contributed by atoms with Gasteiger partial charge in [-0.05, 0) is 25.0 Å². The fourth-order valence-electron chi connectivity index (χ4n) is 1.02. The molecule has 0 aromatic heterocycles. The standard InChI is InChI=1S/C10H23NOS/c1-2-10(11)9-13-8-6-4-3-5-7-12/h10,12H,2-9,11H2,1H3. The number of thioether (sulfide) groups is 1. The number of nitrogens with two attached hydrogens (primary N) is 1. The minimum absolute atomic E-state index is 0.341. The van der Waals surface area contributed by atoms with Gasteiger partial charge in [-0.3, -0.25) is 0 Å². The zero-order chi connectivity index (χ0) is 9.94. The quantitative estimate of drug-likeness (QED) is 0.566. The molecule has 0 saturated carbocycles. The van der Waals surface area contributed by atoms with E-state index in [1.165, 1.54) is 18.6 Å². The summed E-state index contributed by atoms with van der Waals surface area (Å²) in [5, 5.41) is 8.55. The molecule has 0 aliphatic rings. The molecule has 0 radical (unpaired) electrons. The third-order valence-corrected chi connectivity index (χ3v) is 3.29. The van der Waals surface area contributed by atoms with E-state index in [1.54, 1.807) is 0 Å². The lowest BCUT2D eigenvalue weighted by atomic mass is 10.2. The predicted octanol–water partition coefficient (Wildman–Crippen LogP) is 2.01. The van der Waals surface area contributed by atoms with Gasteiger partial charge in [0.1, 0.15) is 0 Å². The van der Waals surface area contributed by atoms with Crippen molar-refractivity contribution >= 4 is 11.8 Å². The van der Waals surface area contributed by atoms with E-state index in [0.29, 0.717) is 12.6 Å². The molecule has 0 aromatic rings. The summed E-state index contributed by atoms with van der Waals surface area (Å²) < 4.78 is 0. The Morgan fingerprint density at radius 1 is 1.23 bits per heavy atom. The molecule has 0 heterocycles. The van der Waals surface area contributed by atoms with Crippen molar-refractivity contribution in [2.24, 2.45) is 5.73 Å². The number of aliphatic hydroxyl groups excluding tert-OH is 1. The highest BCUT2D eigenvalue weighted by atomic mass is 32.2. The Balaban J connectivity index is 2.91. The molecule has 0 spiro atoms. The molecule has 2 nitrogen and oxygen atoms in total. The second kappa shape index (κ2) is 10.4. The van der Waals surface area contributed by atoms with E-state index in [4.69, 9.17) is 10.8 Å². The Kier molecular flexibility index (Phi) is 10.6. The Labute approximate surface area is 86.3 Å². The molecule has 0 amide bonds. The van der Waals surface area contributed by atoms with Crippen LogP contribution in [0.3, 0.4) is 0 Å². The van der Waals surface area contributed by atoms with Crippen molar-refractivity contribution in [3.05, 3.63) is 0 Å². The van der Waals surface area contributed by atoms with Crippen molar-refractivity contribution in [1.82, 2.24) is 0 Å². The van der Waals surface area contributed by atoms with E-state index in [0.717, 1.165) is 25.0 Å². The Hall–Kier alpha value is 0.270. The number of aliphatic hydroxyl groups is 1. The molecular formula is C10H23NOS. The lowest BCUT2D eigenvalue weighted by molar-refractivity contribution is 0.283. The summed E-state index contributed by atoms with van der Waals surface area (Å²) in [5.41, 5.74) is 5.78. The molecule has 0 bridgehead atoms. The molecule has 0 rings (SSSR count). The highest BCUT2D eigenvalue weighted by molar-refractivity contribution is 7.99. The van der Waals surface area contributed by atoms with Crippen LogP contribution in [0.2, 0.25) is 0 Å². The first-order valence-corrected chi connectivity index (χ1v) is 6.41. The maximum absolute atomic E-state index is 8.55. The van der Waals surface area contributed by atoms with Crippen LogP contribution in [0.1, 0.15) is 39.0 Å². The van der Waals surface area contributed by atoms with Crippen molar-refractivity contribution in [2.45, 2.75) is 45.1 Å². The van der Waals surface area contributed by atoms with Crippen molar-refractivity contribution in [3.8, 4) is 0 Å². The van der Waals surface area contributed by atoms with Gasteiger partial charge in [0.05, 0.1) is 0 Å². The van der Waals surface area contributed by atoms with Gasteiger partial charge in [0.25, 0.3) is 0 Å². The van der Waals surface area contributed by atoms with Crippen LogP contribution in [0.15, 0.2) is 0 Å². The van der Waals surface area contributed by atoms with Crippen LogP contribution in [-0.4, -0.2) is 29.3 Å². The summed E-state index contributed by atoms with van der Waals surface area (Å²) in [7, 11) is 0. The maximum Gasteiger partial charge on any atom is 0.0431 e. The largest absolute Gasteiger partial charge is 0.396 e. The second-order valence-corrected chi connectivity index (χ2v) is 4.53. The lowest BCUT2D eigenvalue weighted by Gasteiger charge is -2.07. The fraction of sp³-hybridized carbons (Fsp3) is 1.00. The van der Waals surface area contributed by atoms with Crippen LogP contribution >= 0.6 is 11.8 Å². The van der Waals surface area contributed by atoms with Crippen LogP contribution in [0, 0.1) is 0 Å². The molecule has 0 fully saturated rings. The van der Waals surface area contributed by atoms with Gasteiger partial charge < -0.3 is 10.8 Å². The van der Waals surface area contributed by atoms with Gasteiger partial charge >= 0.3 is 0 Å². The summed E-state index contributed by atoms with van der Waals surface area (Å²) >= 11 is 1.96. The number of hydrogen-bond acceptors (Lipinski definition) is 3. The average molecular weight is 205 g/mol. The SMILES string of the molecule is CCC(N)CSCCCCCCO. The molecular weight excluding hydrogens is 182 g/mol. The van der Waals surface area contributed by atoms with Crippen LogP contribution in [0.25, 0.3) is 0 Å². The topological polar surface area (TPSA) is 46.2 Å². The number of rotatable bonds is 9. The van der Waals surface area contributed by atoms with Crippen molar-refractivity contribution < 1.29 is 5.11 Å². The van der Waals surface area contributed by atoms with Crippen molar-refractivity contribution in [1.29, 1.82) is 0 Å². The normalized spacial score (nSPS) is 13.2. The molecule has 0 aromatic carbocycles. The highest BCUT2D eigenvalue weighted by Gasteiger charge is 1.98. The van der Waals surface area contributed by atoms with Crippen LogP contribution < -0.4 is 5.73 Å². The van der Waals surface area contributed by atoms with Gasteiger partial charge in [0.15, 0.2) is 0 Å². The molecule has 80 valence electrons. The Morgan fingerprint density at radius 3 is 2.54 bits per heavy atom. The minimum Gasteiger partial charge on any atom is -0.396 e. The molecule has 0 aliphatic carbocycles. The monoisotopic (exact) mass is 205 g/mol. The highest BCUT2D eigenvalue weighted by Crippen LogP contribution is 2.09. The summed E-state index contributed by atoms with van der Waals surface area (Å²) in [6, 6.07) is 0.377. The van der Waals surface area contributed by atoms with E-state index in [9.17, 15) is 0 Å². The van der Waals surface area contributed by atoms with Crippen molar-refractivity contribution in [2.75, 3.05) is 18.1 Å². The predicted molar refractivity (Wildman–Crippen MR) is 61.1 cm³/mol. The number of hydrogen-bond donors (Lipinski definition) is 2. The molecule has 3 heteroatoms. The van der Waals surface area contributed by atoms with Crippen molar-refractivity contribution in [3.63, 3.8) is 0 Å². The fourth-order valence-corrected chi connectivity index (χ4v) is 2.14. The molecule has 1 atom stereocenters. The summed E-state index contributed by atoms with van der Waals surface area (Å²) in [5.74, 6) is 2.32. The van der Waals surface area contributed by atoms with Crippen LogP contribution in [-0.2, 0) is 0 Å². The van der Waals surface area contributed by atoms with Gasteiger partial charge in [-0.15, -0.1) is 0 Å². The first-order chi connectivity index (χ1) is 6.31. The molecule has 1 unspecified atom stereocenters. The van der Waals surface area contributed by atoms with E-state index < -0.39 is 0 Å². The number of unbranched alkanes of at least 4 members (excludes halogenated alkanes) is 3. The lowest BCUT2D eigenvalue weighted by Crippen LogP contribution is -2.21. The average Bonchev–Trinajstić information content (AvgIpc) is 2.16. The summed E-state index contributed by atoms with van der Waals surface area (Å²) in [6.45, 7) is 2.47. The van der Waals surface area contributed by atoms with E-state index >= 15 is 0 Å². The van der Waals surface area contributed by atoms with E-state index in [2.05, 4.69) is 6.92 Å². The van der Waals surface area contributed by atoms with Crippen LogP contribution in [0.5, 0.6) is 0 Å². The Bertz CT molecular complexity index is 101. The zero-order valence-electron chi connectivity index (χ0n) is 8.67. The minimum atomic E-state index is 0.341. The van der Waals surface area contributed by atoms with Gasteiger partial charge in [0.2, 0.25) is 0 Å². The molecule has 0 saturated heterocycles. The van der Waals surface area contributed by atoms with Gasteiger partial charge in [-0.2, -0.15) is 11.8 Å². The summed E-state index contributed by atoms with van der Waals surface area (Å²) in [6.07, 6.45) is 5.71. The van der Waals surface area contributed by atoms with Crippen LogP contribution in [0.4, 0.5) is 0 Å². The van der Waals surface area contributed by atoms with Gasteiger partial charge in [-0.1, -0.05) is 19.8 Å². The first kappa shape index (κ1) is 13.3. The summed E-state index contributed by atoms with van der Waals surface area (Å²) in [4.78, 5) is 0. The van der Waals surface area contributed by atoms with E-state index in [-0.39, 0.29) is 0 Å². The molecule has 13 heavy (non-hydrogen) atoms. The van der Waals surface area contributed by atoms with Gasteiger partial charge in [-0.25, -0.2) is 0 Å². The smallest absolute Gasteiger partial charge is 0.0431 e. The maximum atomic E-state index is 8.55. The third-order valence-electron chi connectivity index (χ3n) is 2.05. The second-order valence-electron chi connectivity index (χ2n) is 3.38. The Morgan fingerprint density at radius 2 is 1.92 bits per heavy atom. The molecule has 0 aliphatic heterocycles. The molecule has 3 N–H and O–H groups in total. The van der Waals surface area contributed by atoms with E-state index in [1.807, 2.05) is 11.8 Å². The third kappa shape index (κ3) is 10.2.